The van der Waals surface area contributed by atoms with Crippen LogP contribution in [0.15, 0.2) is 47.3 Å². The third-order valence-corrected chi connectivity index (χ3v) is 8.13. The van der Waals surface area contributed by atoms with Gasteiger partial charge in [-0.25, -0.2) is 4.79 Å². The fourth-order valence-electron chi connectivity index (χ4n) is 5.88. The molecule has 1 fully saturated rings. The van der Waals surface area contributed by atoms with Gasteiger partial charge in [-0.3, -0.25) is 9.59 Å². The van der Waals surface area contributed by atoms with Gasteiger partial charge >= 0.3 is 6.09 Å². The number of amides is 2. The van der Waals surface area contributed by atoms with Crippen molar-refractivity contribution in [2.24, 2.45) is 0 Å². The molecule has 2 aromatic carbocycles. The monoisotopic (exact) mass is 604 g/mol. The first-order valence-electron chi connectivity index (χ1n) is 15.4. The zero-order valence-corrected chi connectivity index (χ0v) is 26.7. The number of fused-ring (bicyclic) bond motifs is 2. The Kier molecular flexibility index (Phi) is 9.20. The highest BCUT2D eigenvalue weighted by molar-refractivity contribution is 6.06. The minimum Gasteiger partial charge on any atom is -0.486 e. The molecule has 0 N–H and O–H groups in total. The normalized spacial score (nSPS) is 15.7. The van der Waals surface area contributed by atoms with Crippen LogP contribution < -0.4 is 15.0 Å². The SMILES string of the molecule is Cc1ccc2c(C(=O)N(C)C)cc(=O)n(CCN3CCC(N(Cc4ccc5c(c4)OCCO5)C(=O)OC(C)(C)C)CC3)c2c1. The number of aryl methyl sites for hydroxylation is 1. The van der Waals surface area contributed by atoms with E-state index in [4.69, 9.17) is 14.2 Å². The van der Waals surface area contributed by atoms with Gasteiger partial charge in [0.2, 0.25) is 0 Å². The number of ether oxygens (including phenoxy) is 3. The summed E-state index contributed by atoms with van der Waals surface area (Å²) in [7, 11) is 3.38. The van der Waals surface area contributed by atoms with Crippen molar-refractivity contribution in [3.63, 3.8) is 0 Å². The molecule has 44 heavy (non-hydrogen) atoms. The second-order valence-electron chi connectivity index (χ2n) is 12.9. The molecule has 236 valence electrons. The number of aromatic nitrogens is 1. The third-order valence-electron chi connectivity index (χ3n) is 8.13. The number of piperidine rings is 1. The van der Waals surface area contributed by atoms with Gasteiger partial charge < -0.3 is 33.5 Å². The Labute approximate surface area is 259 Å². The van der Waals surface area contributed by atoms with Crippen LogP contribution in [0.3, 0.4) is 0 Å². The Morgan fingerprint density at radius 1 is 0.955 bits per heavy atom. The van der Waals surface area contributed by atoms with Crippen molar-refractivity contribution in [1.82, 2.24) is 19.3 Å². The minimum absolute atomic E-state index is 0.0110. The molecule has 0 saturated carbocycles. The summed E-state index contributed by atoms with van der Waals surface area (Å²) in [6, 6.07) is 13.2. The number of hydrogen-bond donors (Lipinski definition) is 0. The lowest BCUT2D eigenvalue weighted by Gasteiger charge is -2.39. The van der Waals surface area contributed by atoms with Gasteiger partial charge in [0.15, 0.2) is 11.5 Å². The van der Waals surface area contributed by atoms with Gasteiger partial charge in [-0.2, -0.15) is 0 Å². The second kappa shape index (κ2) is 12.9. The summed E-state index contributed by atoms with van der Waals surface area (Å²) in [6.45, 7) is 11.8. The minimum atomic E-state index is -0.607. The molecule has 3 heterocycles. The van der Waals surface area contributed by atoms with Crippen LogP contribution in [0.25, 0.3) is 10.9 Å². The molecule has 0 atom stereocenters. The smallest absolute Gasteiger partial charge is 0.410 e. The van der Waals surface area contributed by atoms with Gasteiger partial charge in [-0.15, -0.1) is 0 Å². The van der Waals surface area contributed by atoms with Crippen LogP contribution in [0.2, 0.25) is 0 Å². The lowest BCUT2D eigenvalue weighted by molar-refractivity contribution is 0.00562. The zero-order valence-electron chi connectivity index (χ0n) is 26.7. The van der Waals surface area contributed by atoms with E-state index in [0.29, 0.717) is 44.2 Å². The molecule has 2 aliphatic heterocycles. The summed E-state index contributed by atoms with van der Waals surface area (Å²) in [5.74, 6) is 1.24. The molecule has 1 aromatic heterocycles. The third kappa shape index (κ3) is 7.18. The Hall–Kier alpha value is -4.05. The molecule has 2 amide bonds. The molecule has 0 bridgehead atoms. The summed E-state index contributed by atoms with van der Waals surface area (Å²) < 4.78 is 19.0. The summed E-state index contributed by atoms with van der Waals surface area (Å²) in [5.41, 5.74) is 2.39. The van der Waals surface area contributed by atoms with E-state index in [9.17, 15) is 14.4 Å². The number of carbonyl (C=O) groups excluding carboxylic acids is 2. The van der Waals surface area contributed by atoms with Gasteiger partial charge in [0.1, 0.15) is 18.8 Å². The molecule has 0 aliphatic carbocycles. The van der Waals surface area contributed by atoms with Crippen LogP contribution in [0.4, 0.5) is 4.79 Å². The molecule has 2 aliphatic rings. The predicted octanol–water partition coefficient (Wildman–Crippen LogP) is 4.68. The lowest BCUT2D eigenvalue weighted by Crippen LogP contribution is -2.49. The maximum absolute atomic E-state index is 13.4. The maximum atomic E-state index is 13.4. The van der Waals surface area contributed by atoms with Crippen molar-refractivity contribution in [3.05, 3.63) is 69.5 Å². The van der Waals surface area contributed by atoms with E-state index in [2.05, 4.69) is 4.90 Å². The van der Waals surface area contributed by atoms with Crippen LogP contribution >= 0.6 is 0 Å². The summed E-state index contributed by atoms with van der Waals surface area (Å²) in [6.07, 6.45) is 1.25. The molecule has 10 nitrogen and oxygen atoms in total. The summed E-state index contributed by atoms with van der Waals surface area (Å²) >= 11 is 0. The fourth-order valence-corrected chi connectivity index (χ4v) is 5.88. The van der Waals surface area contributed by atoms with Crippen molar-refractivity contribution in [3.8, 4) is 11.5 Å². The molecule has 0 unspecified atom stereocenters. The number of rotatable bonds is 7. The lowest BCUT2D eigenvalue weighted by atomic mass is 10.0. The first kappa shape index (κ1) is 31.4. The first-order chi connectivity index (χ1) is 20.9. The van der Waals surface area contributed by atoms with Gasteiger partial charge in [0.25, 0.3) is 11.5 Å². The van der Waals surface area contributed by atoms with Crippen molar-refractivity contribution >= 4 is 22.9 Å². The van der Waals surface area contributed by atoms with E-state index in [1.54, 1.807) is 18.7 Å². The van der Waals surface area contributed by atoms with E-state index in [-0.39, 0.29) is 23.6 Å². The molecular formula is C34H44N4O6. The Bertz CT molecular complexity index is 1580. The largest absolute Gasteiger partial charge is 0.486 e. The highest BCUT2D eigenvalue weighted by atomic mass is 16.6. The summed E-state index contributed by atoms with van der Waals surface area (Å²) in [4.78, 5) is 45.2. The van der Waals surface area contributed by atoms with E-state index in [0.717, 1.165) is 53.7 Å². The molecule has 10 heteroatoms. The second-order valence-corrected chi connectivity index (χ2v) is 12.9. The van der Waals surface area contributed by atoms with Crippen LogP contribution in [0.5, 0.6) is 11.5 Å². The van der Waals surface area contributed by atoms with Gasteiger partial charge in [-0.1, -0.05) is 18.2 Å². The number of pyridine rings is 1. The zero-order chi connectivity index (χ0) is 31.6. The topological polar surface area (TPSA) is 93.6 Å². The quantitative estimate of drug-likeness (QED) is 0.387. The Morgan fingerprint density at radius 2 is 1.66 bits per heavy atom. The van der Waals surface area contributed by atoms with Crippen molar-refractivity contribution in [2.45, 2.75) is 65.3 Å². The molecule has 1 saturated heterocycles. The highest BCUT2D eigenvalue weighted by Gasteiger charge is 2.32. The average Bonchev–Trinajstić information content (AvgIpc) is 2.98. The standard InChI is InChI=1S/C34H44N4O6/c1-23-7-9-26-27(32(40)35(5)6)21-31(39)37(28(26)19-23)16-15-36-13-11-25(12-14-36)38(33(41)44-34(2,3)4)22-24-8-10-29-30(20-24)43-18-17-42-29/h7-10,19-21,25H,11-18,22H2,1-6H3. The van der Waals surface area contributed by atoms with E-state index < -0.39 is 5.60 Å². The number of likely N-dealkylation sites (tertiary alicyclic amines) is 1. The molecule has 0 radical (unpaired) electrons. The molecule has 3 aromatic rings. The predicted molar refractivity (Wildman–Crippen MR) is 170 cm³/mol. The average molecular weight is 605 g/mol. The van der Waals surface area contributed by atoms with Gasteiger partial charge in [0, 0.05) is 64.3 Å². The van der Waals surface area contributed by atoms with E-state index >= 15 is 0 Å². The summed E-state index contributed by atoms with van der Waals surface area (Å²) in [5, 5.41) is 0.778. The molecular weight excluding hydrogens is 560 g/mol. The van der Waals surface area contributed by atoms with Crippen LogP contribution in [0.1, 0.15) is 55.1 Å². The van der Waals surface area contributed by atoms with Crippen molar-refractivity contribution in [1.29, 1.82) is 0 Å². The molecule has 5 rings (SSSR count). The Balaban J connectivity index is 1.29. The number of hydrogen-bond acceptors (Lipinski definition) is 7. The fraction of sp³-hybridized carbons (Fsp3) is 0.500. The highest BCUT2D eigenvalue weighted by Crippen LogP contribution is 2.32. The number of benzene rings is 2. The van der Waals surface area contributed by atoms with Crippen LogP contribution in [-0.4, -0.2) is 89.9 Å². The van der Waals surface area contributed by atoms with Crippen molar-refractivity contribution in [2.75, 3.05) is 46.9 Å². The van der Waals surface area contributed by atoms with Gasteiger partial charge in [-0.05, 0) is 69.9 Å². The van der Waals surface area contributed by atoms with Crippen LogP contribution in [-0.2, 0) is 17.8 Å². The van der Waals surface area contributed by atoms with E-state index in [1.807, 2.05) is 69.0 Å². The van der Waals surface area contributed by atoms with E-state index in [1.165, 1.54) is 11.0 Å². The van der Waals surface area contributed by atoms with Gasteiger partial charge in [0.05, 0.1) is 11.1 Å². The Morgan fingerprint density at radius 3 is 2.34 bits per heavy atom. The number of carbonyl (C=O) groups is 2. The van der Waals surface area contributed by atoms with Crippen LogP contribution in [0, 0.1) is 6.92 Å². The van der Waals surface area contributed by atoms with Crippen molar-refractivity contribution < 1.29 is 23.8 Å². The maximum Gasteiger partial charge on any atom is 0.410 e. The first-order valence-corrected chi connectivity index (χ1v) is 15.4. The number of nitrogens with zero attached hydrogens (tertiary/aromatic N) is 4. The molecule has 0 spiro atoms.